The number of amides is 4. The van der Waals surface area contributed by atoms with E-state index < -0.39 is 52.8 Å². The second kappa shape index (κ2) is 14.7. The lowest BCUT2D eigenvalue weighted by molar-refractivity contribution is -0.149. The van der Waals surface area contributed by atoms with Gasteiger partial charge in [-0.2, -0.15) is 0 Å². The maximum Gasteiger partial charge on any atom is 0.289 e. The van der Waals surface area contributed by atoms with Gasteiger partial charge in [-0.3, -0.25) is 24.0 Å². The fourth-order valence-corrected chi connectivity index (χ4v) is 7.23. The molecule has 13 heteroatoms. The summed E-state index contributed by atoms with van der Waals surface area (Å²) in [4.78, 5) is 76.0. The molecule has 2 heterocycles. The number of methoxy groups -OCH3 is 1. The number of ketones is 1. The van der Waals surface area contributed by atoms with Crippen LogP contribution in [0.15, 0.2) is 59.8 Å². The fourth-order valence-electron chi connectivity index (χ4n) is 7.04. The summed E-state index contributed by atoms with van der Waals surface area (Å²) >= 11 is 6.26. The van der Waals surface area contributed by atoms with E-state index in [4.69, 9.17) is 21.2 Å². The number of nitrogens with one attached hydrogen (secondary N) is 3. The lowest BCUT2D eigenvalue weighted by Crippen LogP contribution is -2.62. The van der Waals surface area contributed by atoms with E-state index in [1.807, 2.05) is 43.3 Å². The molecule has 0 radical (unpaired) electrons. The minimum absolute atomic E-state index is 0.0196. The number of hydrogen-bond acceptors (Lipinski definition) is 8. The van der Waals surface area contributed by atoms with Gasteiger partial charge >= 0.3 is 0 Å². The SMILES string of the molecule is CCC[C@H](NC(=O)[C@@H]1C[C@]2(CC(c3cccc(Cl)c3)=NO2)CN1C(=O)[C@@H](NC(=O)[C@H]1CC1c1ccccc1)C(C)(C)OC)C(=O)C(=O)NC1CC1. The van der Waals surface area contributed by atoms with Gasteiger partial charge in [0.05, 0.1) is 23.9 Å². The highest BCUT2D eigenvalue weighted by Crippen LogP contribution is 2.48. The predicted molar refractivity (Wildman–Crippen MR) is 190 cm³/mol. The number of rotatable bonds is 14. The normalized spacial score (nSPS) is 25.0. The number of halogens is 1. The number of likely N-dealkylation sites (tertiary alicyclic amines) is 1. The van der Waals surface area contributed by atoms with Crippen LogP contribution < -0.4 is 16.0 Å². The summed E-state index contributed by atoms with van der Waals surface area (Å²) in [6.45, 7) is 5.25. The number of carbonyl (C=O) groups is 5. The second-order valence-corrected chi connectivity index (χ2v) is 15.2. The fraction of sp³-hybridized carbons (Fsp3) is 0.526. The van der Waals surface area contributed by atoms with Gasteiger partial charge in [-0.25, -0.2) is 0 Å². The monoisotopic (exact) mass is 719 g/mol. The van der Waals surface area contributed by atoms with Gasteiger partial charge in [0.15, 0.2) is 5.60 Å². The average molecular weight is 720 g/mol. The van der Waals surface area contributed by atoms with Gasteiger partial charge in [0.1, 0.15) is 12.1 Å². The largest absolute Gasteiger partial charge is 0.387 e. The summed E-state index contributed by atoms with van der Waals surface area (Å²) in [5.74, 6) is -3.14. The van der Waals surface area contributed by atoms with Crippen molar-refractivity contribution in [1.82, 2.24) is 20.9 Å². The van der Waals surface area contributed by atoms with E-state index in [9.17, 15) is 24.0 Å². The Morgan fingerprint density at radius 3 is 2.47 bits per heavy atom. The summed E-state index contributed by atoms with van der Waals surface area (Å²) in [5.41, 5.74) is 0.193. The summed E-state index contributed by atoms with van der Waals surface area (Å²) in [7, 11) is 1.46. The number of ether oxygens (including phenoxy) is 1. The van der Waals surface area contributed by atoms with Crippen LogP contribution in [0.2, 0.25) is 5.02 Å². The third-order valence-corrected chi connectivity index (χ3v) is 10.7. The zero-order chi connectivity index (χ0) is 36.5. The summed E-state index contributed by atoms with van der Waals surface area (Å²) in [6.07, 6.45) is 3.40. The summed E-state index contributed by atoms with van der Waals surface area (Å²) in [5, 5.41) is 13.3. The molecule has 3 fully saturated rings. The molecule has 4 aliphatic rings. The Labute approximate surface area is 303 Å². The Bertz CT molecular complexity index is 1710. The average Bonchev–Trinajstić information content (AvgIpc) is 4.04. The van der Waals surface area contributed by atoms with Gasteiger partial charge in [-0.05, 0) is 63.1 Å². The van der Waals surface area contributed by atoms with Crippen LogP contribution in [-0.2, 0) is 33.5 Å². The third kappa shape index (κ3) is 8.12. The van der Waals surface area contributed by atoms with E-state index >= 15 is 0 Å². The van der Waals surface area contributed by atoms with Crippen LogP contribution in [0.5, 0.6) is 0 Å². The topological polar surface area (TPSA) is 156 Å². The first-order chi connectivity index (χ1) is 24.3. The van der Waals surface area contributed by atoms with Crippen molar-refractivity contribution in [2.24, 2.45) is 11.1 Å². The highest BCUT2D eigenvalue weighted by atomic mass is 35.5. The zero-order valence-electron chi connectivity index (χ0n) is 29.4. The van der Waals surface area contributed by atoms with E-state index in [0.29, 0.717) is 23.6 Å². The van der Waals surface area contributed by atoms with Crippen molar-refractivity contribution in [3.05, 3.63) is 70.7 Å². The first-order valence-electron chi connectivity index (χ1n) is 17.7. The molecule has 1 saturated heterocycles. The number of Topliss-reactive ketones (excluding diaryl/α,β-unsaturated/α-hetero) is 1. The molecular formula is C38H46ClN5O7. The Kier molecular flexibility index (Phi) is 10.6. The summed E-state index contributed by atoms with van der Waals surface area (Å²) in [6, 6.07) is 13.6. The van der Waals surface area contributed by atoms with Crippen LogP contribution in [0.4, 0.5) is 0 Å². The van der Waals surface area contributed by atoms with Crippen LogP contribution in [0.3, 0.4) is 0 Å². The molecule has 12 nitrogen and oxygen atoms in total. The van der Waals surface area contributed by atoms with Gasteiger partial charge in [0.2, 0.25) is 23.5 Å². The molecule has 0 bridgehead atoms. The molecule has 2 aliphatic carbocycles. The molecule has 2 aromatic carbocycles. The van der Waals surface area contributed by atoms with E-state index in [0.717, 1.165) is 24.0 Å². The smallest absolute Gasteiger partial charge is 0.289 e. The van der Waals surface area contributed by atoms with E-state index in [-0.39, 0.29) is 49.6 Å². The van der Waals surface area contributed by atoms with E-state index in [1.165, 1.54) is 12.0 Å². The van der Waals surface area contributed by atoms with Crippen LogP contribution in [-0.4, -0.2) is 89.0 Å². The van der Waals surface area contributed by atoms with Crippen LogP contribution in [0.25, 0.3) is 0 Å². The lowest BCUT2D eigenvalue weighted by Gasteiger charge is -2.37. The van der Waals surface area contributed by atoms with Crippen LogP contribution in [0, 0.1) is 5.92 Å². The highest BCUT2D eigenvalue weighted by Gasteiger charge is 2.57. The first kappa shape index (κ1) is 36.5. The van der Waals surface area contributed by atoms with Gasteiger partial charge < -0.3 is 30.4 Å². The predicted octanol–water partition coefficient (Wildman–Crippen LogP) is 3.65. The maximum absolute atomic E-state index is 14.7. The number of nitrogens with zero attached hydrogens (tertiary/aromatic N) is 2. The van der Waals surface area contributed by atoms with E-state index in [1.54, 1.807) is 32.0 Å². The molecule has 2 aromatic rings. The van der Waals surface area contributed by atoms with Crippen LogP contribution >= 0.6 is 11.6 Å². The first-order valence-corrected chi connectivity index (χ1v) is 18.1. The molecule has 6 atom stereocenters. The minimum Gasteiger partial charge on any atom is -0.387 e. The number of oxime groups is 1. The van der Waals surface area contributed by atoms with Crippen molar-refractivity contribution in [1.29, 1.82) is 0 Å². The third-order valence-electron chi connectivity index (χ3n) is 10.4. The zero-order valence-corrected chi connectivity index (χ0v) is 30.2. The van der Waals surface area contributed by atoms with Crippen molar-refractivity contribution in [3.8, 4) is 0 Å². The van der Waals surface area contributed by atoms with Gasteiger partial charge in [-0.1, -0.05) is 72.6 Å². The van der Waals surface area contributed by atoms with Crippen molar-refractivity contribution in [2.45, 2.75) is 107 Å². The Hall–Kier alpha value is -4.29. The van der Waals surface area contributed by atoms with Crippen molar-refractivity contribution < 1.29 is 33.5 Å². The highest BCUT2D eigenvalue weighted by molar-refractivity contribution is 6.38. The minimum atomic E-state index is -1.17. The number of benzene rings is 2. The van der Waals surface area contributed by atoms with Gasteiger partial charge in [0.25, 0.3) is 5.91 Å². The number of carbonyl (C=O) groups excluding carboxylic acids is 5. The number of hydrogen-bond donors (Lipinski definition) is 3. The standard InChI is InChI=1S/C38H46ClN5O7/c1-5-10-28(31(45)35(48)40-25-15-16-25)41-34(47)30-20-38(19-29(43-51-38)23-13-9-14-24(39)17-23)21-44(30)36(49)32(37(2,3)50-4)42-33(46)27-18-26(27)22-11-7-6-8-12-22/h6-9,11-14,17,25-28,30,32H,5,10,15-16,18-21H2,1-4H3,(H,40,48)(H,41,47)(H,42,46)/t26?,27-,28-,30-,32+,38+/m0/s1. The lowest BCUT2D eigenvalue weighted by atomic mass is 9.91. The molecule has 4 amide bonds. The molecule has 0 aromatic heterocycles. The van der Waals surface area contributed by atoms with Gasteiger partial charge in [0, 0.05) is 42.5 Å². The van der Waals surface area contributed by atoms with Crippen molar-refractivity contribution in [2.75, 3.05) is 13.7 Å². The molecule has 1 spiro atoms. The van der Waals surface area contributed by atoms with Crippen LogP contribution in [0.1, 0.15) is 82.8 Å². The molecule has 2 saturated carbocycles. The maximum atomic E-state index is 14.7. The molecule has 51 heavy (non-hydrogen) atoms. The summed E-state index contributed by atoms with van der Waals surface area (Å²) < 4.78 is 5.76. The Morgan fingerprint density at radius 2 is 1.80 bits per heavy atom. The quantitative estimate of drug-likeness (QED) is 0.252. The molecule has 2 aliphatic heterocycles. The molecule has 3 N–H and O–H groups in total. The van der Waals surface area contributed by atoms with Crippen molar-refractivity contribution in [3.63, 3.8) is 0 Å². The Balaban J connectivity index is 1.25. The Morgan fingerprint density at radius 1 is 1.06 bits per heavy atom. The molecular weight excluding hydrogens is 674 g/mol. The molecule has 1 unspecified atom stereocenters. The van der Waals surface area contributed by atoms with E-state index in [2.05, 4.69) is 21.1 Å². The second-order valence-electron chi connectivity index (χ2n) is 14.8. The molecule has 6 rings (SSSR count). The van der Waals surface area contributed by atoms with Crippen molar-refractivity contribution >= 4 is 46.7 Å². The van der Waals surface area contributed by atoms with Gasteiger partial charge in [-0.15, -0.1) is 0 Å². The molecule has 272 valence electrons.